The van der Waals surface area contributed by atoms with Gasteiger partial charge in [-0.2, -0.15) is 5.26 Å². The number of carbonyl (C=O) groups excluding carboxylic acids is 1. The van der Waals surface area contributed by atoms with Crippen molar-refractivity contribution in [1.29, 1.82) is 5.26 Å². The first kappa shape index (κ1) is 11.3. The number of methoxy groups -OCH3 is 1. The second-order valence-electron chi connectivity index (χ2n) is 3.83. The van der Waals surface area contributed by atoms with Gasteiger partial charge in [-0.15, -0.1) is 0 Å². The fraction of sp³-hybridized carbons (Fsp3) is 0.333. The predicted molar refractivity (Wildman–Crippen MR) is 59.4 cm³/mol. The monoisotopic (exact) mass is 232 g/mol. The Bertz CT molecular complexity index is 505. The molecule has 1 atom stereocenters. The quantitative estimate of drug-likeness (QED) is 0.840. The van der Waals surface area contributed by atoms with Crippen LogP contribution in [0.3, 0.4) is 0 Å². The number of aryl methyl sites for hydroxylation is 1. The van der Waals surface area contributed by atoms with Crippen molar-refractivity contribution in [1.82, 2.24) is 0 Å². The van der Waals surface area contributed by atoms with Crippen LogP contribution in [-0.4, -0.2) is 13.2 Å². The molecule has 1 aromatic rings. The van der Waals surface area contributed by atoms with Crippen molar-refractivity contribution in [3.05, 3.63) is 28.8 Å². The molecule has 0 heterocycles. The number of amides is 1. The third kappa shape index (κ3) is 2.02. The van der Waals surface area contributed by atoms with Crippen molar-refractivity contribution in [3.63, 3.8) is 0 Å². The molecule has 1 aromatic carbocycles. The topological polar surface area (TPSA) is 85.3 Å². The zero-order valence-electron chi connectivity index (χ0n) is 9.40. The van der Waals surface area contributed by atoms with Gasteiger partial charge in [0, 0.05) is 5.56 Å². The summed E-state index contributed by atoms with van der Waals surface area (Å²) in [6, 6.07) is 5.51. The van der Waals surface area contributed by atoms with Gasteiger partial charge in [-0.25, -0.2) is 4.79 Å². The normalized spacial score (nSPS) is 17.1. The van der Waals surface area contributed by atoms with Crippen molar-refractivity contribution in [2.24, 2.45) is 5.73 Å². The lowest BCUT2D eigenvalue weighted by Gasteiger charge is -2.14. The summed E-state index contributed by atoms with van der Waals surface area (Å²) in [7, 11) is 1.52. The van der Waals surface area contributed by atoms with E-state index in [1.165, 1.54) is 7.11 Å². The molecule has 1 aliphatic carbocycles. The van der Waals surface area contributed by atoms with Gasteiger partial charge in [0.2, 0.25) is 0 Å². The summed E-state index contributed by atoms with van der Waals surface area (Å²) < 4.78 is 10.3. The zero-order valence-corrected chi connectivity index (χ0v) is 9.40. The summed E-state index contributed by atoms with van der Waals surface area (Å²) in [4.78, 5) is 10.8. The molecule has 5 heteroatoms. The van der Waals surface area contributed by atoms with Crippen LogP contribution in [-0.2, 0) is 11.2 Å². The van der Waals surface area contributed by atoms with Gasteiger partial charge in [0.05, 0.1) is 18.7 Å². The molecule has 1 amide bonds. The van der Waals surface area contributed by atoms with Crippen molar-refractivity contribution in [2.75, 3.05) is 7.11 Å². The van der Waals surface area contributed by atoms with Gasteiger partial charge in [0.15, 0.2) is 0 Å². The largest absolute Gasteiger partial charge is 0.496 e. The van der Waals surface area contributed by atoms with Crippen LogP contribution in [0, 0.1) is 11.3 Å². The molecule has 0 fully saturated rings. The number of nitrogens with two attached hydrogens (primary N) is 1. The number of hydrogen-bond donors (Lipinski definition) is 1. The highest BCUT2D eigenvalue weighted by molar-refractivity contribution is 5.65. The highest BCUT2D eigenvalue weighted by Gasteiger charge is 2.29. The number of rotatable bonds is 2. The number of ether oxygens (including phenoxy) is 2. The Balaban J connectivity index is 2.44. The molecule has 0 saturated carbocycles. The predicted octanol–water partition coefficient (Wildman–Crippen LogP) is 1.65. The summed E-state index contributed by atoms with van der Waals surface area (Å²) in [5.74, 6) is 0.572. The van der Waals surface area contributed by atoms with Crippen LogP contribution >= 0.6 is 0 Å². The smallest absolute Gasteiger partial charge is 0.405 e. The third-order valence-corrected chi connectivity index (χ3v) is 2.83. The number of nitriles is 1. The van der Waals surface area contributed by atoms with E-state index in [1.807, 2.05) is 0 Å². The van der Waals surface area contributed by atoms with Crippen molar-refractivity contribution in [3.8, 4) is 11.8 Å². The second-order valence-corrected chi connectivity index (χ2v) is 3.83. The van der Waals surface area contributed by atoms with E-state index in [2.05, 4.69) is 6.07 Å². The minimum atomic E-state index is -0.797. The van der Waals surface area contributed by atoms with Crippen molar-refractivity contribution >= 4 is 6.09 Å². The zero-order chi connectivity index (χ0) is 12.4. The molecule has 0 radical (unpaired) electrons. The van der Waals surface area contributed by atoms with E-state index >= 15 is 0 Å². The number of primary amides is 1. The van der Waals surface area contributed by atoms with Crippen LogP contribution in [0.1, 0.15) is 29.2 Å². The van der Waals surface area contributed by atoms with E-state index in [0.29, 0.717) is 17.7 Å². The number of nitrogens with zero attached hydrogens (tertiary/aromatic N) is 1. The van der Waals surface area contributed by atoms with Gasteiger partial charge < -0.3 is 15.2 Å². The summed E-state index contributed by atoms with van der Waals surface area (Å²) in [5, 5.41) is 8.89. The Kier molecular flexibility index (Phi) is 2.88. The maximum absolute atomic E-state index is 10.8. The molecule has 0 spiro atoms. The molecule has 1 aliphatic rings. The first-order valence-corrected chi connectivity index (χ1v) is 5.22. The molecule has 5 nitrogen and oxygen atoms in total. The van der Waals surface area contributed by atoms with E-state index in [-0.39, 0.29) is 6.10 Å². The second kappa shape index (κ2) is 4.34. The molecule has 2 N–H and O–H groups in total. The van der Waals surface area contributed by atoms with E-state index in [4.69, 9.17) is 20.5 Å². The lowest BCUT2D eigenvalue weighted by Crippen LogP contribution is -2.16. The maximum Gasteiger partial charge on any atom is 0.405 e. The molecule has 0 saturated heterocycles. The molecule has 0 bridgehead atoms. The van der Waals surface area contributed by atoms with Crippen LogP contribution in [0.15, 0.2) is 12.1 Å². The summed E-state index contributed by atoms with van der Waals surface area (Å²) in [5.41, 5.74) is 7.37. The third-order valence-electron chi connectivity index (χ3n) is 2.83. The molecular formula is C12H12N2O3. The highest BCUT2D eigenvalue weighted by atomic mass is 16.6. The summed E-state index contributed by atoms with van der Waals surface area (Å²) in [6.07, 6.45) is 0.252. The van der Waals surface area contributed by atoms with Gasteiger partial charge >= 0.3 is 6.09 Å². The van der Waals surface area contributed by atoms with E-state index in [1.54, 1.807) is 12.1 Å². The lowest BCUT2D eigenvalue weighted by atomic mass is 10.0. The molecular weight excluding hydrogens is 220 g/mol. The van der Waals surface area contributed by atoms with Gasteiger partial charge in [0.25, 0.3) is 0 Å². The van der Waals surface area contributed by atoms with Crippen LogP contribution in [0.5, 0.6) is 5.75 Å². The first-order valence-electron chi connectivity index (χ1n) is 5.22. The average Bonchev–Trinajstić information content (AvgIpc) is 2.70. The molecule has 2 rings (SSSR count). The molecule has 0 aromatic heterocycles. The Morgan fingerprint density at radius 2 is 2.35 bits per heavy atom. The van der Waals surface area contributed by atoms with Crippen LogP contribution in [0.4, 0.5) is 4.79 Å². The fourth-order valence-electron chi connectivity index (χ4n) is 2.18. The Labute approximate surface area is 98.7 Å². The number of hydrogen-bond acceptors (Lipinski definition) is 4. The SMILES string of the molecule is COc1cc(C#N)cc2c1[C@H](OC(N)=O)CC2. The van der Waals surface area contributed by atoms with Crippen LogP contribution in [0.2, 0.25) is 0 Å². The summed E-state index contributed by atoms with van der Waals surface area (Å²) >= 11 is 0. The van der Waals surface area contributed by atoms with Crippen LogP contribution < -0.4 is 10.5 Å². The minimum Gasteiger partial charge on any atom is -0.496 e. The fourth-order valence-corrected chi connectivity index (χ4v) is 2.18. The minimum absolute atomic E-state index is 0.370. The Hall–Kier alpha value is -2.22. The molecule has 17 heavy (non-hydrogen) atoms. The van der Waals surface area contributed by atoms with Crippen molar-refractivity contribution in [2.45, 2.75) is 18.9 Å². The molecule has 0 aliphatic heterocycles. The average molecular weight is 232 g/mol. The van der Waals surface area contributed by atoms with E-state index < -0.39 is 6.09 Å². The number of fused-ring (bicyclic) bond motifs is 1. The van der Waals surface area contributed by atoms with E-state index in [9.17, 15) is 4.79 Å². The molecule has 0 unspecified atom stereocenters. The lowest BCUT2D eigenvalue weighted by molar-refractivity contribution is 0.106. The van der Waals surface area contributed by atoms with E-state index in [0.717, 1.165) is 17.5 Å². The van der Waals surface area contributed by atoms with Gasteiger partial charge in [0.1, 0.15) is 11.9 Å². The standard InChI is InChI=1S/C12H12N2O3/c1-16-10-5-7(6-13)4-8-2-3-9(11(8)10)17-12(14)15/h4-5,9H,2-3H2,1H3,(H2,14,15)/t9-/m1/s1. The highest BCUT2D eigenvalue weighted by Crippen LogP contribution is 2.40. The number of carbonyl (C=O) groups is 1. The van der Waals surface area contributed by atoms with Crippen LogP contribution in [0.25, 0.3) is 0 Å². The first-order chi connectivity index (χ1) is 8.15. The summed E-state index contributed by atoms with van der Waals surface area (Å²) in [6.45, 7) is 0. The van der Waals surface area contributed by atoms with Gasteiger partial charge in [-0.3, -0.25) is 0 Å². The number of benzene rings is 1. The Morgan fingerprint density at radius 1 is 1.59 bits per heavy atom. The molecule has 88 valence electrons. The van der Waals surface area contributed by atoms with Gasteiger partial charge in [-0.05, 0) is 30.5 Å². The Morgan fingerprint density at radius 3 is 2.94 bits per heavy atom. The van der Waals surface area contributed by atoms with Gasteiger partial charge in [-0.1, -0.05) is 0 Å². The maximum atomic E-state index is 10.8. The van der Waals surface area contributed by atoms with Crippen molar-refractivity contribution < 1.29 is 14.3 Å².